The molecule has 2 aromatic heterocycles. The van der Waals surface area contributed by atoms with E-state index in [0.29, 0.717) is 37.2 Å². The lowest BCUT2D eigenvalue weighted by molar-refractivity contribution is -0.384. The first kappa shape index (κ1) is 38.0. The van der Waals surface area contributed by atoms with Crippen LogP contribution in [0.25, 0.3) is 11.0 Å². The van der Waals surface area contributed by atoms with Crippen LogP contribution in [0.3, 0.4) is 0 Å². The Labute approximate surface area is 337 Å². The standard InChI is InChI=1S/C43H47N7O7S/c51-42(47-58(54,55)34-9-11-37(39(24-34)50(52)53)45-25-29-13-20-56-21-14-29)36-10-8-32(23-40(36)57-33-22-31-12-17-44-41(31)46-26-33)49-27-43(28-49)15-18-48(19-16-43)38-7-3-5-30-4-1-2-6-35(30)38/h1-2,4,6,8-12,17,22-24,26,29,38,45H,3,5,7,13-16,18-21,25,27-28H2,(H,44,46)(H,47,51). The fourth-order valence-electron chi connectivity index (χ4n) is 9.18. The largest absolute Gasteiger partial charge is 0.455 e. The second-order valence-corrected chi connectivity index (χ2v) is 17.9. The van der Waals surface area contributed by atoms with Crippen LogP contribution >= 0.6 is 0 Å². The van der Waals surface area contributed by atoms with E-state index in [1.54, 1.807) is 24.4 Å². The molecule has 58 heavy (non-hydrogen) atoms. The molecule has 1 spiro atoms. The predicted molar refractivity (Wildman–Crippen MR) is 220 cm³/mol. The van der Waals surface area contributed by atoms with Crippen molar-refractivity contribution in [1.82, 2.24) is 19.6 Å². The molecule has 3 fully saturated rings. The fourth-order valence-corrected chi connectivity index (χ4v) is 10.2. The predicted octanol–water partition coefficient (Wildman–Crippen LogP) is 7.20. The van der Waals surface area contributed by atoms with Crippen LogP contribution in [0.2, 0.25) is 0 Å². The molecule has 1 unspecified atom stereocenters. The second kappa shape index (κ2) is 15.7. The van der Waals surface area contributed by atoms with Gasteiger partial charge in [0.05, 0.1) is 21.6 Å². The van der Waals surface area contributed by atoms with Crippen molar-refractivity contribution in [2.45, 2.75) is 55.9 Å². The van der Waals surface area contributed by atoms with Crippen LogP contribution < -0.4 is 19.7 Å². The van der Waals surface area contributed by atoms with Gasteiger partial charge in [0.1, 0.15) is 22.8 Å². The molecule has 3 saturated heterocycles. The van der Waals surface area contributed by atoms with Gasteiger partial charge in [-0.05, 0) is 111 Å². The molecule has 1 amide bonds. The third-order valence-electron chi connectivity index (χ3n) is 12.5. The van der Waals surface area contributed by atoms with Crippen molar-refractivity contribution in [1.29, 1.82) is 0 Å². The zero-order chi connectivity index (χ0) is 39.9. The molecular weight excluding hydrogens is 759 g/mol. The van der Waals surface area contributed by atoms with Gasteiger partial charge >= 0.3 is 0 Å². The highest BCUT2D eigenvalue weighted by Gasteiger charge is 2.46. The van der Waals surface area contributed by atoms with Crippen molar-refractivity contribution in [3.63, 3.8) is 0 Å². The summed E-state index contributed by atoms with van der Waals surface area (Å²) < 4.78 is 41.1. The third kappa shape index (κ3) is 7.73. The molecule has 4 aliphatic rings. The number of nitrogens with one attached hydrogen (secondary N) is 3. The van der Waals surface area contributed by atoms with Crippen LogP contribution in [-0.4, -0.2) is 80.1 Å². The summed E-state index contributed by atoms with van der Waals surface area (Å²) in [5.41, 5.74) is 4.50. The van der Waals surface area contributed by atoms with E-state index < -0.39 is 31.4 Å². The number of piperidine rings is 1. The van der Waals surface area contributed by atoms with E-state index in [4.69, 9.17) is 9.47 Å². The number of H-pyrrole nitrogens is 1. The summed E-state index contributed by atoms with van der Waals surface area (Å²) in [5.74, 6) is -0.117. The van der Waals surface area contributed by atoms with Gasteiger partial charge in [-0.25, -0.2) is 18.1 Å². The normalized spacial score (nSPS) is 19.7. The Bertz CT molecular complexity index is 2450. The maximum absolute atomic E-state index is 13.9. The van der Waals surface area contributed by atoms with E-state index in [-0.39, 0.29) is 28.3 Å². The maximum atomic E-state index is 13.9. The number of hydrogen-bond acceptors (Lipinski definition) is 11. The molecule has 0 saturated carbocycles. The highest BCUT2D eigenvalue weighted by atomic mass is 32.2. The number of likely N-dealkylation sites (tertiary alicyclic amines) is 1. The number of amides is 1. The molecular formula is C43H47N7O7S. The SMILES string of the molecule is O=C(NS(=O)(=O)c1ccc(NCC2CCOCC2)c([N+](=O)[O-])c1)c1ccc(N2CC3(CCN(C4CCCc5ccccc54)CC3)C2)cc1Oc1cnc2[nH]ccc2c1. The number of pyridine rings is 1. The number of carbonyl (C=O) groups excluding carboxylic acids is 1. The van der Waals surface area contributed by atoms with E-state index in [1.165, 1.54) is 42.3 Å². The number of hydrogen-bond donors (Lipinski definition) is 3. The first-order chi connectivity index (χ1) is 28.1. The number of sulfonamides is 1. The average Bonchev–Trinajstić information content (AvgIpc) is 3.70. The van der Waals surface area contributed by atoms with E-state index in [0.717, 1.165) is 75.4 Å². The summed E-state index contributed by atoms with van der Waals surface area (Å²) >= 11 is 0. The number of rotatable bonds is 11. The van der Waals surface area contributed by atoms with Gasteiger partial charge in [0.15, 0.2) is 0 Å². The lowest BCUT2D eigenvalue weighted by atomic mass is 9.71. The highest BCUT2D eigenvalue weighted by Crippen LogP contribution is 2.46. The minimum Gasteiger partial charge on any atom is -0.455 e. The summed E-state index contributed by atoms with van der Waals surface area (Å²) in [6.45, 7) is 5.62. The molecule has 1 atom stereocenters. The van der Waals surface area contributed by atoms with Gasteiger partial charge < -0.3 is 24.7 Å². The summed E-state index contributed by atoms with van der Waals surface area (Å²) in [6, 6.07) is 21.8. The first-order valence-corrected chi connectivity index (χ1v) is 21.6. The number of aryl methyl sites for hydroxylation is 1. The number of anilines is 2. The number of benzene rings is 3. The Hall–Kier alpha value is -5.51. The van der Waals surface area contributed by atoms with Crippen molar-refractivity contribution in [2.24, 2.45) is 11.3 Å². The highest BCUT2D eigenvalue weighted by molar-refractivity contribution is 7.90. The number of nitro benzene ring substituents is 1. The van der Waals surface area contributed by atoms with E-state index in [1.807, 2.05) is 12.1 Å². The van der Waals surface area contributed by atoms with Gasteiger partial charge in [0.2, 0.25) is 0 Å². The number of aromatic nitrogens is 2. The lowest BCUT2D eigenvalue weighted by Gasteiger charge is -2.56. The van der Waals surface area contributed by atoms with Crippen molar-refractivity contribution in [2.75, 3.05) is 56.2 Å². The summed E-state index contributed by atoms with van der Waals surface area (Å²) in [5, 5.41) is 16.0. The molecule has 9 rings (SSSR count). The molecule has 302 valence electrons. The molecule has 3 N–H and O–H groups in total. The minimum absolute atomic E-state index is 0.0120. The Balaban J connectivity index is 0.916. The topological polar surface area (TPSA) is 172 Å². The Morgan fingerprint density at radius 2 is 1.83 bits per heavy atom. The number of nitrogens with zero attached hydrogens (tertiary/aromatic N) is 4. The van der Waals surface area contributed by atoms with E-state index >= 15 is 0 Å². The number of ether oxygens (including phenoxy) is 2. The van der Waals surface area contributed by atoms with Crippen LogP contribution in [0.5, 0.6) is 11.5 Å². The molecule has 1 aliphatic carbocycles. The van der Waals surface area contributed by atoms with Crippen molar-refractivity contribution in [3.8, 4) is 11.5 Å². The lowest BCUT2D eigenvalue weighted by Crippen LogP contribution is -2.60. The Morgan fingerprint density at radius 1 is 1.02 bits per heavy atom. The van der Waals surface area contributed by atoms with Crippen molar-refractivity contribution < 1.29 is 27.6 Å². The molecule has 14 nitrogen and oxygen atoms in total. The van der Waals surface area contributed by atoms with E-state index in [2.05, 4.69) is 54.1 Å². The molecule has 0 bridgehead atoms. The zero-order valence-electron chi connectivity index (χ0n) is 32.2. The van der Waals surface area contributed by atoms with Crippen molar-refractivity contribution in [3.05, 3.63) is 112 Å². The zero-order valence-corrected chi connectivity index (χ0v) is 33.0. The van der Waals surface area contributed by atoms with Crippen LogP contribution in [-0.2, 0) is 21.2 Å². The first-order valence-electron chi connectivity index (χ1n) is 20.1. The monoisotopic (exact) mass is 805 g/mol. The second-order valence-electron chi connectivity index (χ2n) is 16.2. The molecule has 3 aliphatic heterocycles. The van der Waals surface area contributed by atoms with Crippen LogP contribution in [0, 0.1) is 21.4 Å². The number of aromatic amines is 1. The minimum atomic E-state index is -4.53. The van der Waals surface area contributed by atoms with Gasteiger partial charge in [-0.3, -0.25) is 19.8 Å². The van der Waals surface area contributed by atoms with Gasteiger partial charge in [-0.15, -0.1) is 0 Å². The Morgan fingerprint density at radius 3 is 2.64 bits per heavy atom. The number of nitro groups is 1. The van der Waals surface area contributed by atoms with Crippen LogP contribution in [0.15, 0.2) is 90.1 Å². The molecule has 3 aromatic carbocycles. The number of fused-ring (bicyclic) bond motifs is 2. The molecule has 5 heterocycles. The van der Waals surface area contributed by atoms with Gasteiger partial charge in [0.25, 0.3) is 21.6 Å². The van der Waals surface area contributed by atoms with Crippen LogP contribution in [0.1, 0.15) is 66.1 Å². The third-order valence-corrected chi connectivity index (χ3v) is 13.8. The van der Waals surface area contributed by atoms with Gasteiger partial charge in [0, 0.05) is 73.7 Å². The van der Waals surface area contributed by atoms with Crippen molar-refractivity contribution >= 4 is 44.0 Å². The molecule has 5 aromatic rings. The summed E-state index contributed by atoms with van der Waals surface area (Å²) in [7, 11) is -4.53. The van der Waals surface area contributed by atoms with E-state index in [9.17, 15) is 23.3 Å². The summed E-state index contributed by atoms with van der Waals surface area (Å²) in [4.78, 5) is 37.3. The molecule has 15 heteroatoms. The fraction of sp³-hybridized carbons (Fsp3) is 0.395. The maximum Gasteiger partial charge on any atom is 0.293 e. The summed E-state index contributed by atoms with van der Waals surface area (Å²) in [6.07, 6.45) is 10.8. The Kier molecular flexibility index (Phi) is 10.3. The quantitative estimate of drug-likeness (QED) is 0.0911. The number of carbonyl (C=O) groups is 1. The van der Waals surface area contributed by atoms with Gasteiger partial charge in [-0.2, -0.15) is 0 Å². The van der Waals surface area contributed by atoms with Gasteiger partial charge in [-0.1, -0.05) is 24.3 Å². The van der Waals surface area contributed by atoms with Crippen LogP contribution in [0.4, 0.5) is 17.1 Å². The molecule has 0 radical (unpaired) electrons. The smallest absolute Gasteiger partial charge is 0.293 e. The average molecular weight is 806 g/mol.